The molecular weight excluding hydrogens is 242 g/mol. The van der Waals surface area contributed by atoms with Gasteiger partial charge >= 0.3 is 0 Å². The minimum absolute atomic E-state index is 0.0958. The summed E-state index contributed by atoms with van der Waals surface area (Å²) < 4.78 is 5.69. The van der Waals surface area contributed by atoms with Crippen LogP contribution in [0.15, 0.2) is 24.3 Å². The average Bonchev–Trinajstić information content (AvgIpc) is 2.36. The number of carbonyl (C=O) groups excluding carboxylic acids is 1. The van der Waals surface area contributed by atoms with Crippen molar-refractivity contribution >= 4 is 11.6 Å². The van der Waals surface area contributed by atoms with E-state index in [0.717, 1.165) is 17.9 Å². The van der Waals surface area contributed by atoms with E-state index in [4.69, 9.17) is 9.84 Å². The van der Waals surface area contributed by atoms with Gasteiger partial charge in [-0.3, -0.25) is 4.79 Å². The van der Waals surface area contributed by atoms with Crippen molar-refractivity contribution < 1.29 is 14.6 Å². The molecule has 106 valence electrons. The van der Waals surface area contributed by atoms with E-state index in [2.05, 4.69) is 12.2 Å². The smallest absolute Gasteiger partial charge is 0.224 e. The van der Waals surface area contributed by atoms with Gasteiger partial charge in [-0.15, -0.1) is 0 Å². The summed E-state index contributed by atoms with van der Waals surface area (Å²) in [6.45, 7) is 5.74. The largest absolute Gasteiger partial charge is 0.491 e. The lowest BCUT2D eigenvalue weighted by molar-refractivity contribution is -0.116. The van der Waals surface area contributed by atoms with Crippen LogP contribution in [-0.4, -0.2) is 23.2 Å². The summed E-state index contributed by atoms with van der Waals surface area (Å²) in [4.78, 5) is 11.6. The van der Waals surface area contributed by atoms with Crippen LogP contribution in [-0.2, 0) is 4.79 Å². The predicted octanol–water partition coefficient (Wildman–Crippen LogP) is 2.96. The number of carbonyl (C=O) groups is 1. The van der Waals surface area contributed by atoms with Crippen molar-refractivity contribution in [3.63, 3.8) is 0 Å². The Balaban J connectivity index is 2.54. The van der Waals surface area contributed by atoms with Crippen LogP contribution >= 0.6 is 0 Å². The summed E-state index contributed by atoms with van der Waals surface area (Å²) in [6.07, 6.45) is 1.42. The Morgan fingerprint density at radius 1 is 1.42 bits per heavy atom. The molecule has 0 heterocycles. The second-order valence-corrected chi connectivity index (χ2v) is 4.80. The Kier molecular flexibility index (Phi) is 6.36. The fourth-order valence-electron chi connectivity index (χ4n) is 1.53. The van der Waals surface area contributed by atoms with E-state index in [1.54, 1.807) is 6.92 Å². The summed E-state index contributed by atoms with van der Waals surface area (Å²) in [5, 5.41) is 11.9. The Hall–Kier alpha value is -1.55. The number of nitrogens with one attached hydrogen (secondary N) is 1. The topological polar surface area (TPSA) is 58.6 Å². The molecule has 2 unspecified atom stereocenters. The molecule has 1 amide bonds. The highest BCUT2D eigenvalue weighted by Gasteiger charge is 2.06. The molecule has 0 bridgehead atoms. The fraction of sp³-hybridized carbons (Fsp3) is 0.533. The summed E-state index contributed by atoms with van der Waals surface area (Å²) in [5.41, 5.74) is 0.719. The minimum Gasteiger partial charge on any atom is -0.491 e. The third-order valence-corrected chi connectivity index (χ3v) is 2.82. The van der Waals surface area contributed by atoms with Gasteiger partial charge < -0.3 is 15.2 Å². The van der Waals surface area contributed by atoms with Crippen LogP contribution in [0.2, 0.25) is 0 Å². The molecule has 4 heteroatoms. The number of rotatable bonds is 7. The van der Waals surface area contributed by atoms with Crippen LogP contribution in [0.4, 0.5) is 5.69 Å². The minimum atomic E-state index is -0.453. The molecule has 2 N–H and O–H groups in total. The van der Waals surface area contributed by atoms with Gasteiger partial charge in [-0.05, 0) is 38.8 Å². The van der Waals surface area contributed by atoms with Gasteiger partial charge in [-0.25, -0.2) is 0 Å². The summed E-state index contributed by atoms with van der Waals surface area (Å²) in [5.74, 6) is 0.657. The van der Waals surface area contributed by atoms with Gasteiger partial charge in [-0.1, -0.05) is 13.0 Å². The van der Waals surface area contributed by atoms with Crippen LogP contribution in [0.3, 0.4) is 0 Å². The van der Waals surface area contributed by atoms with Gasteiger partial charge in [-0.2, -0.15) is 0 Å². The highest BCUT2D eigenvalue weighted by atomic mass is 16.5. The van der Waals surface area contributed by atoms with Crippen molar-refractivity contribution in [2.45, 2.75) is 52.2 Å². The number of ether oxygens (including phenoxy) is 1. The van der Waals surface area contributed by atoms with Crippen molar-refractivity contribution in [1.82, 2.24) is 0 Å². The summed E-state index contributed by atoms with van der Waals surface area (Å²) in [7, 11) is 0. The number of benzene rings is 1. The molecule has 0 aliphatic carbocycles. The third kappa shape index (κ3) is 6.25. The third-order valence-electron chi connectivity index (χ3n) is 2.82. The zero-order valence-electron chi connectivity index (χ0n) is 11.8. The second kappa shape index (κ2) is 7.79. The Morgan fingerprint density at radius 2 is 2.16 bits per heavy atom. The predicted molar refractivity (Wildman–Crippen MR) is 76.4 cm³/mol. The van der Waals surface area contributed by atoms with E-state index in [1.807, 2.05) is 31.2 Å². The number of hydrogen-bond acceptors (Lipinski definition) is 3. The molecule has 1 aromatic carbocycles. The molecule has 1 aromatic rings. The van der Waals surface area contributed by atoms with E-state index in [-0.39, 0.29) is 12.0 Å². The standard InChI is InChI=1S/C15H23NO3/c1-4-12(3)19-14-7-5-6-13(10-14)16-15(18)9-8-11(2)17/h5-7,10-12,17H,4,8-9H2,1-3H3,(H,16,18). The Morgan fingerprint density at radius 3 is 2.79 bits per heavy atom. The molecule has 1 rings (SSSR count). The molecule has 0 spiro atoms. The molecule has 0 aromatic heterocycles. The second-order valence-electron chi connectivity index (χ2n) is 4.80. The highest BCUT2D eigenvalue weighted by molar-refractivity contribution is 5.90. The maximum absolute atomic E-state index is 11.6. The Labute approximate surface area is 114 Å². The lowest BCUT2D eigenvalue weighted by Crippen LogP contribution is -2.14. The van der Waals surface area contributed by atoms with Crippen molar-refractivity contribution in [3.05, 3.63) is 24.3 Å². The fourth-order valence-corrected chi connectivity index (χ4v) is 1.53. The molecule has 0 radical (unpaired) electrons. The zero-order chi connectivity index (χ0) is 14.3. The van der Waals surface area contributed by atoms with E-state index in [9.17, 15) is 4.79 Å². The molecule has 0 aliphatic heterocycles. The van der Waals surface area contributed by atoms with Crippen LogP contribution in [0, 0.1) is 0 Å². The summed E-state index contributed by atoms with van der Waals surface area (Å²) >= 11 is 0. The first-order valence-electron chi connectivity index (χ1n) is 6.76. The van der Waals surface area contributed by atoms with Crippen molar-refractivity contribution in [1.29, 1.82) is 0 Å². The Bertz CT molecular complexity index is 404. The van der Waals surface area contributed by atoms with Crippen LogP contribution in [0.5, 0.6) is 5.75 Å². The highest BCUT2D eigenvalue weighted by Crippen LogP contribution is 2.19. The van der Waals surface area contributed by atoms with Gasteiger partial charge in [0, 0.05) is 18.2 Å². The molecular formula is C15H23NO3. The first-order valence-corrected chi connectivity index (χ1v) is 6.76. The van der Waals surface area contributed by atoms with Gasteiger partial charge in [0.2, 0.25) is 5.91 Å². The number of anilines is 1. The van der Waals surface area contributed by atoms with Crippen molar-refractivity contribution in [2.75, 3.05) is 5.32 Å². The SMILES string of the molecule is CCC(C)Oc1cccc(NC(=O)CCC(C)O)c1. The molecule has 0 saturated carbocycles. The molecule has 0 fully saturated rings. The number of aliphatic hydroxyl groups excluding tert-OH is 1. The van der Waals surface area contributed by atoms with Crippen molar-refractivity contribution in [2.24, 2.45) is 0 Å². The summed E-state index contributed by atoms with van der Waals surface area (Å²) in [6, 6.07) is 7.36. The van der Waals surface area contributed by atoms with Crippen molar-refractivity contribution in [3.8, 4) is 5.75 Å². The van der Waals surface area contributed by atoms with E-state index < -0.39 is 6.10 Å². The van der Waals surface area contributed by atoms with Crippen LogP contribution in [0.25, 0.3) is 0 Å². The molecule has 2 atom stereocenters. The lowest BCUT2D eigenvalue weighted by Gasteiger charge is -2.13. The number of aliphatic hydroxyl groups is 1. The molecule has 0 aliphatic rings. The maximum atomic E-state index is 11.6. The first kappa shape index (κ1) is 15.5. The van der Waals surface area contributed by atoms with Gasteiger partial charge in [0.15, 0.2) is 0 Å². The maximum Gasteiger partial charge on any atom is 0.224 e. The first-order chi connectivity index (χ1) is 9.01. The molecule has 4 nitrogen and oxygen atoms in total. The van der Waals surface area contributed by atoms with E-state index >= 15 is 0 Å². The van der Waals surface area contributed by atoms with E-state index in [0.29, 0.717) is 12.8 Å². The van der Waals surface area contributed by atoms with Gasteiger partial charge in [0.05, 0.1) is 12.2 Å². The van der Waals surface area contributed by atoms with E-state index in [1.165, 1.54) is 0 Å². The number of amides is 1. The average molecular weight is 265 g/mol. The normalized spacial score (nSPS) is 13.7. The lowest BCUT2D eigenvalue weighted by atomic mass is 10.2. The monoisotopic (exact) mass is 265 g/mol. The van der Waals surface area contributed by atoms with Crippen LogP contribution < -0.4 is 10.1 Å². The van der Waals surface area contributed by atoms with Crippen LogP contribution in [0.1, 0.15) is 40.0 Å². The van der Waals surface area contributed by atoms with Gasteiger partial charge in [0.1, 0.15) is 5.75 Å². The molecule has 19 heavy (non-hydrogen) atoms. The zero-order valence-corrected chi connectivity index (χ0v) is 11.8. The number of hydrogen-bond donors (Lipinski definition) is 2. The molecule has 0 saturated heterocycles. The quantitative estimate of drug-likeness (QED) is 0.797. The van der Waals surface area contributed by atoms with Gasteiger partial charge in [0.25, 0.3) is 0 Å².